The van der Waals surface area contributed by atoms with Crippen molar-refractivity contribution >= 4 is 5.69 Å². The van der Waals surface area contributed by atoms with Gasteiger partial charge in [-0.05, 0) is 50.4 Å². The summed E-state index contributed by atoms with van der Waals surface area (Å²) in [5, 5.41) is 3.58. The van der Waals surface area contributed by atoms with Crippen molar-refractivity contribution in [3.63, 3.8) is 0 Å². The summed E-state index contributed by atoms with van der Waals surface area (Å²) in [7, 11) is 2.21. The van der Waals surface area contributed by atoms with Gasteiger partial charge in [0.1, 0.15) is 5.75 Å². The fraction of sp³-hybridized carbons (Fsp3) is 0.647. The summed E-state index contributed by atoms with van der Waals surface area (Å²) in [5.41, 5.74) is 1.13. The van der Waals surface area contributed by atoms with Crippen molar-refractivity contribution in [2.75, 3.05) is 38.6 Å². The van der Waals surface area contributed by atoms with Crippen LogP contribution in [0.2, 0.25) is 0 Å². The lowest BCUT2D eigenvalue weighted by molar-refractivity contribution is 0.217. The molecule has 2 rings (SSSR count). The van der Waals surface area contributed by atoms with Gasteiger partial charge in [0.05, 0.1) is 12.3 Å². The van der Waals surface area contributed by atoms with Gasteiger partial charge in [-0.15, -0.1) is 0 Å². The molecule has 0 bridgehead atoms. The summed E-state index contributed by atoms with van der Waals surface area (Å²) in [6, 6.07) is 8.27. The number of rotatable bonds is 6. The zero-order valence-corrected chi connectivity index (χ0v) is 13.1. The monoisotopic (exact) mass is 276 g/mol. The van der Waals surface area contributed by atoms with E-state index in [0.717, 1.165) is 30.5 Å². The number of hydrogen-bond donors (Lipinski definition) is 1. The molecule has 1 aromatic carbocycles. The second-order valence-corrected chi connectivity index (χ2v) is 6.35. The SMILES string of the molecule is CC(C)COc1ccccc1NCC1CCCN(C)C1. The van der Waals surface area contributed by atoms with Crippen LogP contribution >= 0.6 is 0 Å². The van der Waals surface area contributed by atoms with Gasteiger partial charge >= 0.3 is 0 Å². The van der Waals surface area contributed by atoms with Gasteiger partial charge in [0.25, 0.3) is 0 Å². The van der Waals surface area contributed by atoms with Crippen LogP contribution in [0.4, 0.5) is 5.69 Å². The Bertz CT molecular complexity index is 406. The van der Waals surface area contributed by atoms with Crippen LogP contribution in [-0.2, 0) is 0 Å². The van der Waals surface area contributed by atoms with E-state index in [1.165, 1.54) is 25.9 Å². The fourth-order valence-corrected chi connectivity index (χ4v) is 2.69. The number of ether oxygens (including phenoxy) is 1. The van der Waals surface area contributed by atoms with Crippen molar-refractivity contribution in [1.29, 1.82) is 0 Å². The molecular formula is C17H28N2O. The molecule has 3 heteroatoms. The van der Waals surface area contributed by atoms with E-state index >= 15 is 0 Å². The van der Waals surface area contributed by atoms with E-state index < -0.39 is 0 Å². The van der Waals surface area contributed by atoms with E-state index in [4.69, 9.17) is 4.74 Å². The highest BCUT2D eigenvalue weighted by Crippen LogP contribution is 2.25. The minimum absolute atomic E-state index is 0.551. The Morgan fingerprint density at radius 2 is 2.15 bits per heavy atom. The third kappa shape index (κ3) is 4.71. The highest BCUT2D eigenvalue weighted by molar-refractivity contribution is 5.56. The maximum atomic E-state index is 5.89. The number of nitrogens with one attached hydrogen (secondary N) is 1. The van der Waals surface area contributed by atoms with Crippen LogP contribution in [0.5, 0.6) is 5.75 Å². The largest absolute Gasteiger partial charge is 0.491 e. The first-order valence-corrected chi connectivity index (χ1v) is 7.79. The van der Waals surface area contributed by atoms with Crippen LogP contribution in [-0.4, -0.2) is 38.2 Å². The first-order valence-electron chi connectivity index (χ1n) is 7.79. The van der Waals surface area contributed by atoms with Crippen molar-refractivity contribution in [2.24, 2.45) is 11.8 Å². The van der Waals surface area contributed by atoms with Crippen LogP contribution in [0, 0.1) is 11.8 Å². The number of para-hydroxylation sites is 2. The molecule has 0 saturated carbocycles. The molecule has 1 saturated heterocycles. The molecule has 0 spiro atoms. The van der Waals surface area contributed by atoms with E-state index in [9.17, 15) is 0 Å². The molecule has 1 fully saturated rings. The molecule has 20 heavy (non-hydrogen) atoms. The van der Waals surface area contributed by atoms with E-state index in [2.05, 4.69) is 49.3 Å². The van der Waals surface area contributed by atoms with Crippen molar-refractivity contribution in [2.45, 2.75) is 26.7 Å². The Hall–Kier alpha value is -1.22. The first-order chi connectivity index (χ1) is 9.65. The second-order valence-electron chi connectivity index (χ2n) is 6.35. The predicted octanol–water partition coefficient (Wildman–Crippen LogP) is 3.48. The van der Waals surface area contributed by atoms with E-state index in [-0.39, 0.29) is 0 Å². The average molecular weight is 276 g/mol. The van der Waals surface area contributed by atoms with Crippen LogP contribution in [0.1, 0.15) is 26.7 Å². The molecule has 0 radical (unpaired) electrons. The van der Waals surface area contributed by atoms with E-state index in [1.54, 1.807) is 0 Å². The molecule has 1 aromatic rings. The summed E-state index contributed by atoms with van der Waals surface area (Å²) < 4.78 is 5.89. The number of nitrogens with zero attached hydrogens (tertiary/aromatic N) is 1. The predicted molar refractivity (Wildman–Crippen MR) is 85.5 cm³/mol. The summed E-state index contributed by atoms with van der Waals surface area (Å²) in [5.74, 6) is 2.27. The number of likely N-dealkylation sites (tertiary alicyclic amines) is 1. The minimum Gasteiger partial charge on any atom is -0.491 e. The van der Waals surface area contributed by atoms with Gasteiger partial charge in [-0.3, -0.25) is 0 Å². The molecular weight excluding hydrogens is 248 g/mol. The van der Waals surface area contributed by atoms with Gasteiger partial charge in [-0.2, -0.15) is 0 Å². The Balaban J connectivity index is 1.88. The third-order valence-corrected chi connectivity index (χ3v) is 3.76. The molecule has 0 aliphatic carbocycles. The first kappa shape index (κ1) is 15.2. The highest BCUT2D eigenvalue weighted by atomic mass is 16.5. The number of piperidine rings is 1. The molecule has 0 aromatic heterocycles. The van der Waals surface area contributed by atoms with Crippen molar-refractivity contribution in [3.05, 3.63) is 24.3 Å². The van der Waals surface area contributed by atoms with E-state index in [0.29, 0.717) is 5.92 Å². The molecule has 112 valence electrons. The van der Waals surface area contributed by atoms with Crippen LogP contribution < -0.4 is 10.1 Å². The van der Waals surface area contributed by atoms with Gasteiger partial charge in [0.15, 0.2) is 0 Å². The summed E-state index contributed by atoms with van der Waals surface area (Å²) >= 11 is 0. The Kier molecular flexibility index (Phi) is 5.72. The van der Waals surface area contributed by atoms with Gasteiger partial charge in [0.2, 0.25) is 0 Å². The molecule has 1 heterocycles. The third-order valence-electron chi connectivity index (χ3n) is 3.76. The smallest absolute Gasteiger partial charge is 0.142 e. The number of hydrogen-bond acceptors (Lipinski definition) is 3. The number of benzene rings is 1. The Morgan fingerprint density at radius 1 is 1.35 bits per heavy atom. The Labute approximate surface area is 123 Å². The van der Waals surface area contributed by atoms with Crippen molar-refractivity contribution in [1.82, 2.24) is 4.90 Å². The van der Waals surface area contributed by atoms with Crippen LogP contribution in [0.25, 0.3) is 0 Å². The molecule has 0 amide bonds. The van der Waals surface area contributed by atoms with E-state index in [1.807, 2.05) is 6.07 Å². The van der Waals surface area contributed by atoms with Gasteiger partial charge in [-0.25, -0.2) is 0 Å². The molecule has 3 nitrogen and oxygen atoms in total. The standard InChI is InChI=1S/C17H28N2O/c1-14(2)13-20-17-9-5-4-8-16(17)18-11-15-7-6-10-19(3)12-15/h4-5,8-9,14-15,18H,6-7,10-13H2,1-3H3. The quantitative estimate of drug-likeness (QED) is 0.861. The zero-order valence-electron chi connectivity index (χ0n) is 13.1. The van der Waals surface area contributed by atoms with Gasteiger partial charge < -0.3 is 15.0 Å². The molecule has 1 N–H and O–H groups in total. The van der Waals surface area contributed by atoms with Crippen molar-refractivity contribution in [3.8, 4) is 5.75 Å². The summed E-state index contributed by atoms with van der Waals surface area (Å²) in [6.45, 7) is 8.59. The Morgan fingerprint density at radius 3 is 2.90 bits per heavy atom. The number of anilines is 1. The minimum atomic E-state index is 0.551. The summed E-state index contributed by atoms with van der Waals surface area (Å²) in [4.78, 5) is 2.43. The lowest BCUT2D eigenvalue weighted by atomic mass is 9.98. The lowest BCUT2D eigenvalue weighted by Gasteiger charge is -2.30. The average Bonchev–Trinajstić information content (AvgIpc) is 2.44. The topological polar surface area (TPSA) is 24.5 Å². The maximum absolute atomic E-state index is 5.89. The normalized spacial score (nSPS) is 20.1. The van der Waals surface area contributed by atoms with Crippen molar-refractivity contribution < 1.29 is 4.74 Å². The zero-order chi connectivity index (χ0) is 14.4. The molecule has 1 aliphatic heterocycles. The van der Waals surface area contributed by atoms with Gasteiger partial charge in [-0.1, -0.05) is 26.0 Å². The lowest BCUT2D eigenvalue weighted by Crippen LogP contribution is -2.35. The molecule has 1 unspecified atom stereocenters. The summed E-state index contributed by atoms with van der Waals surface area (Å²) in [6.07, 6.45) is 2.64. The maximum Gasteiger partial charge on any atom is 0.142 e. The van der Waals surface area contributed by atoms with Crippen LogP contribution in [0.15, 0.2) is 24.3 Å². The second kappa shape index (κ2) is 7.53. The molecule has 1 atom stereocenters. The van der Waals surface area contributed by atoms with Gasteiger partial charge in [0, 0.05) is 13.1 Å². The van der Waals surface area contributed by atoms with Crippen LogP contribution in [0.3, 0.4) is 0 Å². The highest BCUT2D eigenvalue weighted by Gasteiger charge is 2.17. The fourth-order valence-electron chi connectivity index (χ4n) is 2.69. The molecule has 1 aliphatic rings.